The molecule has 2 N–H and O–H groups in total. The minimum Gasteiger partial charge on any atom is -0.380 e. The molecule has 1 aliphatic heterocycles. The Hall–Kier alpha value is -1.50. The average molecular weight is 334 g/mol. The van der Waals surface area contributed by atoms with Gasteiger partial charge in [0.25, 0.3) is 0 Å². The number of rotatable bonds is 8. The van der Waals surface area contributed by atoms with Crippen LogP contribution < -0.4 is 5.73 Å². The zero-order chi connectivity index (χ0) is 17.4. The Bertz CT molecular complexity index is 485. The van der Waals surface area contributed by atoms with Crippen molar-refractivity contribution in [2.45, 2.75) is 37.8 Å². The number of amides is 1. The Morgan fingerprint density at radius 1 is 1.46 bits per heavy atom. The predicted octanol–water partition coefficient (Wildman–Crippen LogP) is 0.911. The van der Waals surface area contributed by atoms with Crippen molar-refractivity contribution < 1.29 is 9.53 Å². The van der Waals surface area contributed by atoms with Crippen molar-refractivity contribution in [3.8, 4) is 0 Å². The standard InChI is InChI=1S/C18H30N4O2/c1-21(18(23)13-17(14-19)24-2)16-7-11-22(12-8-16)10-6-15-5-3-4-9-20-15/h3-5,9,16-17H,6-8,10-14,19H2,1-2H3. The molecule has 0 aliphatic carbocycles. The number of aromatic nitrogens is 1. The molecule has 0 radical (unpaired) electrons. The van der Waals surface area contributed by atoms with E-state index < -0.39 is 0 Å². The fourth-order valence-electron chi connectivity index (χ4n) is 3.15. The molecular formula is C18H30N4O2. The van der Waals surface area contributed by atoms with Crippen molar-refractivity contribution in [2.75, 3.05) is 40.3 Å². The van der Waals surface area contributed by atoms with Crippen LogP contribution in [0.15, 0.2) is 24.4 Å². The molecule has 1 aliphatic rings. The van der Waals surface area contributed by atoms with Crippen LogP contribution in [0.3, 0.4) is 0 Å². The maximum atomic E-state index is 12.3. The summed E-state index contributed by atoms with van der Waals surface area (Å²) in [4.78, 5) is 21.0. The summed E-state index contributed by atoms with van der Waals surface area (Å²) in [6.07, 6.45) is 5.04. The summed E-state index contributed by atoms with van der Waals surface area (Å²) in [5.74, 6) is 0.124. The van der Waals surface area contributed by atoms with E-state index in [1.165, 1.54) is 0 Å². The highest BCUT2D eigenvalue weighted by Crippen LogP contribution is 2.17. The molecule has 6 heteroatoms. The average Bonchev–Trinajstić information content (AvgIpc) is 2.65. The third-order valence-electron chi connectivity index (χ3n) is 4.91. The van der Waals surface area contributed by atoms with Crippen molar-refractivity contribution >= 4 is 5.91 Å². The molecule has 1 unspecified atom stereocenters. The molecule has 0 saturated carbocycles. The fourth-order valence-corrected chi connectivity index (χ4v) is 3.15. The summed E-state index contributed by atoms with van der Waals surface area (Å²) < 4.78 is 5.21. The van der Waals surface area contributed by atoms with E-state index in [1.807, 2.05) is 30.3 Å². The Morgan fingerprint density at radius 2 is 2.21 bits per heavy atom. The van der Waals surface area contributed by atoms with Crippen LogP contribution >= 0.6 is 0 Å². The van der Waals surface area contributed by atoms with Crippen molar-refractivity contribution in [3.63, 3.8) is 0 Å². The zero-order valence-corrected chi connectivity index (χ0v) is 14.9. The number of hydrogen-bond donors (Lipinski definition) is 1. The minimum absolute atomic E-state index is 0.124. The quantitative estimate of drug-likeness (QED) is 0.765. The highest BCUT2D eigenvalue weighted by atomic mass is 16.5. The molecule has 134 valence electrons. The van der Waals surface area contributed by atoms with Gasteiger partial charge in [-0.3, -0.25) is 9.78 Å². The molecule has 1 saturated heterocycles. The predicted molar refractivity (Wildman–Crippen MR) is 94.6 cm³/mol. The summed E-state index contributed by atoms with van der Waals surface area (Å²) in [5, 5.41) is 0. The molecule has 0 spiro atoms. The lowest BCUT2D eigenvalue weighted by Gasteiger charge is -2.37. The van der Waals surface area contributed by atoms with E-state index in [0.717, 1.165) is 44.6 Å². The van der Waals surface area contributed by atoms with Gasteiger partial charge in [0.15, 0.2) is 0 Å². The van der Waals surface area contributed by atoms with Crippen LogP contribution in [0.1, 0.15) is 25.0 Å². The van der Waals surface area contributed by atoms with Gasteiger partial charge in [-0.25, -0.2) is 0 Å². The van der Waals surface area contributed by atoms with Gasteiger partial charge in [0, 0.05) is 64.7 Å². The molecule has 1 aromatic heterocycles. The van der Waals surface area contributed by atoms with E-state index >= 15 is 0 Å². The Labute approximate surface area is 145 Å². The molecule has 0 bridgehead atoms. The fraction of sp³-hybridized carbons (Fsp3) is 0.667. The van der Waals surface area contributed by atoms with E-state index in [-0.39, 0.29) is 12.0 Å². The van der Waals surface area contributed by atoms with Gasteiger partial charge in [-0.1, -0.05) is 6.07 Å². The highest BCUT2D eigenvalue weighted by Gasteiger charge is 2.26. The van der Waals surface area contributed by atoms with Gasteiger partial charge in [-0.05, 0) is 25.0 Å². The van der Waals surface area contributed by atoms with Gasteiger partial charge in [-0.2, -0.15) is 0 Å². The van der Waals surface area contributed by atoms with Gasteiger partial charge in [-0.15, -0.1) is 0 Å². The topological polar surface area (TPSA) is 71.7 Å². The first kappa shape index (κ1) is 18.8. The first-order valence-electron chi connectivity index (χ1n) is 8.74. The number of carbonyl (C=O) groups excluding carboxylic acids is 1. The molecule has 2 heterocycles. The van der Waals surface area contributed by atoms with E-state index in [9.17, 15) is 4.79 Å². The molecular weight excluding hydrogens is 304 g/mol. The normalized spacial score (nSPS) is 17.6. The van der Waals surface area contributed by atoms with E-state index in [4.69, 9.17) is 10.5 Å². The minimum atomic E-state index is -0.182. The maximum absolute atomic E-state index is 12.3. The van der Waals surface area contributed by atoms with Gasteiger partial charge in [0.05, 0.1) is 12.5 Å². The van der Waals surface area contributed by atoms with E-state index in [1.54, 1.807) is 7.11 Å². The Kier molecular flexibility index (Phi) is 7.62. The van der Waals surface area contributed by atoms with Gasteiger partial charge >= 0.3 is 0 Å². The summed E-state index contributed by atoms with van der Waals surface area (Å²) >= 11 is 0. The number of likely N-dealkylation sites (tertiary alicyclic amines) is 1. The Balaban J connectivity index is 1.72. The first-order valence-corrected chi connectivity index (χ1v) is 8.74. The number of nitrogens with two attached hydrogens (primary N) is 1. The number of piperidine rings is 1. The molecule has 2 rings (SSSR count). The number of hydrogen-bond acceptors (Lipinski definition) is 5. The lowest BCUT2D eigenvalue weighted by Crippen LogP contribution is -2.47. The third-order valence-corrected chi connectivity index (χ3v) is 4.91. The summed E-state index contributed by atoms with van der Waals surface area (Å²) in [7, 11) is 3.50. The van der Waals surface area contributed by atoms with Crippen molar-refractivity contribution in [3.05, 3.63) is 30.1 Å². The second-order valence-corrected chi connectivity index (χ2v) is 6.45. The third kappa shape index (κ3) is 5.54. The second-order valence-electron chi connectivity index (χ2n) is 6.45. The maximum Gasteiger partial charge on any atom is 0.225 e. The SMILES string of the molecule is COC(CN)CC(=O)N(C)C1CCN(CCc2ccccn2)CC1. The molecule has 1 atom stereocenters. The van der Waals surface area contributed by atoms with Crippen molar-refractivity contribution in [2.24, 2.45) is 5.73 Å². The second kappa shape index (κ2) is 9.71. The number of methoxy groups -OCH3 is 1. The lowest BCUT2D eigenvalue weighted by molar-refractivity contribution is -0.135. The van der Waals surface area contributed by atoms with Crippen LogP contribution in [0.25, 0.3) is 0 Å². The number of ether oxygens (including phenoxy) is 1. The lowest BCUT2D eigenvalue weighted by atomic mass is 10.0. The Morgan fingerprint density at radius 3 is 2.79 bits per heavy atom. The van der Waals surface area contributed by atoms with Crippen molar-refractivity contribution in [1.82, 2.24) is 14.8 Å². The summed E-state index contributed by atoms with van der Waals surface area (Å²) in [6, 6.07) is 6.37. The van der Waals surface area contributed by atoms with Crippen LogP contribution in [0.2, 0.25) is 0 Å². The van der Waals surface area contributed by atoms with Crippen LogP contribution in [0.5, 0.6) is 0 Å². The number of carbonyl (C=O) groups is 1. The van der Waals surface area contributed by atoms with Crippen LogP contribution in [0, 0.1) is 0 Å². The highest BCUT2D eigenvalue weighted by molar-refractivity contribution is 5.76. The molecule has 0 aromatic carbocycles. The van der Waals surface area contributed by atoms with Crippen LogP contribution in [0.4, 0.5) is 0 Å². The molecule has 24 heavy (non-hydrogen) atoms. The smallest absolute Gasteiger partial charge is 0.225 e. The molecule has 6 nitrogen and oxygen atoms in total. The van der Waals surface area contributed by atoms with Gasteiger partial charge < -0.3 is 20.3 Å². The zero-order valence-electron chi connectivity index (χ0n) is 14.9. The van der Waals surface area contributed by atoms with Crippen molar-refractivity contribution in [1.29, 1.82) is 0 Å². The van der Waals surface area contributed by atoms with E-state index in [2.05, 4.69) is 16.0 Å². The monoisotopic (exact) mass is 334 g/mol. The van der Waals surface area contributed by atoms with Gasteiger partial charge in [0.2, 0.25) is 5.91 Å². The molecule has 1 aromatic rings. The van der Waals surface area contributed by atoms with Crippen LogP contribution in [-0.2, 0) is 16.0 Å². The summed E-state index contributed by atoms with van der Waals surface area (Å²) in [6.45, 7) is 3.46. The van der Waals surface area contributed by atoms with Gasteiger partial charge in [0.1, 0.15) is 0 Å². The number of pyridine rings is 1. The van der Waals surface area contributed by atoms with E-state index in [0.29, 0.717) is 19.0 Å². The number of nitrogens with zero attached hydrogens (tertiary/aromatic N) is 3. The molecule has 1 fully saturated rings. The summed E-state index contributed by atoms with van der Waals surface area (Å²) in [5.41, 5.74) is 6.74. The molecule has 1 amide bonds. The van der Waals surface area contributed by atoms with Crippen LogP contribution in [-0.4, -0.2) is 73.2 Å². The largest absolute Gasteiger partial charge is 0.380 e. The first-order chi connectivity index (χ1) is 11.6.